The second kappa shape index (κ2) is 5.32. The maximum absolute atomic E-state index is 13.3. The molecule has 5 fully saturated rings. The standard InChI is InChI=1S/C21H28N2O/c24-19(23-18-6-8-22-9-7-18)21-12-15-10-17(21)13-20(11-15,14-21)16-4-2-1-3-5-16/h1-5,15,17-18,22H,6-14H2,(H,23,24). The molecule has 0 spiro atoms. The lowest BCUT2D eigenvalue weighted by Gasteiger charge is -2.41. The van der Waals surface area contributed by atoms with Crippen LogP contribution in [0.3, 0.4) is 0 Å². The van der Waals surface area contributed by atoms with Gasteiger partial charge in [-0.1, -0.05) is 30.3 Å². The summed E-state index contributed by atoms with van der Waals surface area (Å²) in [4.78, 5) is 13.3. The minimum absolute atomic E-state index is 0.0658. The summed E-state index contributed by atoms with van der Waals surface area (Å²) in [6, 6.07) is 11.4. The van der Waals surface area contributed by atoms with E-state index in [9.17, 15) is 4.79 Å². The molecule has 1 aromatic carbocycles. The van der Waals surface area contributed by atoms with Gasteiger partial charge in [0.2, 0.25) is 5.91 Å². The Morgan fingerprint density at radius 2 is 1.88 bits per heavy atom. The third kappa shape index (κ3) is 2.10. The van der Waals surface area contributed by atoms with Gasteiger partial charge in [0.25, 0.3) is 0 Å². The molecule has 4 saturated carbocycles. The van der Waals surface area contributed by atoms with Crippen molar-refractivity contribution in [3.05, 3.63) is 35.9 Å². The zero-order valence-corrected chi connectivity index (χ0v) is 14.4. The highest BCUT2D eigenvalue weighted by Gasteiger charge is 2.67. The molecule has 4 bridgehead atoms. The van der Waals surface area contributed by atoms with Gasteiger partial charge in [0.15, 0.2) is 0 Å². The summed E-state index contributed by atoms with van der Waals surface area (Å²) in [5, 5.41) is 6.85. The van der Waals surface area contributed by atoms with E-state index in [1.165, 1.54) is 24.8 Å². The van der Waals surface area contributed by atoms with E-state index in [2.05, 4.69) is 41.0 Å². The maximum atomic E-state index is 13.3. The molecule has 2 N–H and O–H groups in total. The largest absolute Gasteiger partial charge is 0.353 e. The highest BCUT2D eigenvalue weighted by Crippen LogP contribution is 2.70. The molecule has 6 rings (SSSR count). The highest BCUT2D eigenvalue weighted by molar-refractivity contribution is 5.85. The van der Waals surface area contributed by atoms with Gasteiger partial charge in [-0.15, -0.1) is 0 Å². The second-order valence-electron chi connectivity index (χ2n) is 8.89. The lowest BCUT2D eigenvalue weighted by Crippen LogP contribution is -2.50. The Bertz CT molecular complexity index is 638. The first-order valence-electron chi connectivity index (χ1n) is 9.77. The normalized spacial score (nSPS) is 40.8. The Labute approximate surface area is 144 Å². The van der Waals surface area contributed by atoms with E-state index in [4.69, 9.17) is 0 Å². The lowest BCUT2D eigenvalue weighted by atomic mass is 9.63. The van der Waals surface area contributed by atoms with Crippen molar-refractivity contribution >= 4 is 5.91 Å². The molecule has 4 unspecified atom stereocenters. The SMILES string of the molecule is O=C(NC1CCNCC1)C12CC3CC1CC(c1ccccc1)(C3)C2. The van der Waals surface area contributed by atoms with Crippen LogP contribution in [0.25, 0.3) is 0 Å². The Morgan fingerprint density at radius 3 is 2.67 bits per heavy atom. The smallest absolute Gasteiger partial charge is 0.226 e. The fourth-order valence-corrected chi connectivity index (χ4v) is 6.68. The predicted molar refractivity (Wildman–Crippen MR) is 94.7 cm³/mol. The number of carbonyl (C=O) groups is 1. The number of hydrogen-bond acceptors (Lipinski definition) is 2. The van der Waals surface area contributed by atoms with Crippen LogP contribution in [-0.2, 0) is 10.2 Å². The summed E-state index contributed by atoms with van der Waals surface area (Å²) in [6.07, 6.45) is 8.21. The van der Waals surface area contributed by atoms with Crippen molar-refractivity contribution in [3.8, 4) is 0 Å². The average Bonchev–Trinajstić information content (AvgIpc) is 3.01. The molecule has 1 aromatic rings. The Balaban J connectivity index is 1.41. The van der Waals surface area contributed by atoms with Crippen LogP contribution < -0.4 is 10.6 Å². The zero-order valence-electron chi connectivity index (χ0n) is 14.4. The van der Waals surface area contributed by atoms with Crippen molar-refractivity contribution in [2.45, 2.75) is 56.4 Å². The number of piperidine rings is 1. The van der Waals surface area contributed by atoms with E-state index >= 15 is 0 Å². The monoisotopic (exact) mass is 324 g/mol. The summed E-state index contributed by atoms with van der Waals surface area (Å²) in [5.41, 5.74) is 1.69. The molecule has 1 aliphatic heterocycles. The van der Waals surface area contributed by atoms with Crippen LogP contribution in [0.1, 0.15) is 50.5 Å². The fourth-order valence-electron chi connectivity index (χ4n) is 6.68. The van der Waals surface area contributed by atoms with Crippen molar-refractivity contribution in [2.24, 2.45) is 17.3 Å². The van der Waals surface area contributed by atoms with E-state index in [1.807, 2.05) is 0 Å². The summed E-state index contributed by atoms with van der Waals surface area (Å²) in [6.45, 7) is 2.08. The van der Waals surface area contributed by atoms with Crippen LogP contribution >= 0.6 is 0 Å². The molecule has 1 amide bonds. The van der Waals surface area contributed by atoms with Crippen LogP contribution in [0.5, 0.6) is 0 Å². The highest BCUT2D eigenvalue weighted by atomic mass is 16.2. The third-order valence-corrected chi connectivity index (χ3v) is 7.54. The molecule has 3 nitrogen and oxygen atoms in total. The summed E-state index contributed by atoms with van der Waals surface area (Å²) < 4.78 is 0. The molecule has 0 aromatic heterocycles. The van der Waals surface area contributed by atoms with Crippen LogP contribution in [0.2, 0.25) is 0 Å². The van der Waals surface area contributed by atoms with Crippen LogP contribution in [0.4, 0.5) is 0 Å². The number of rotatable bonds is 3. The Kier molecular flexibility index (Phi) is 3.31. The van der Waals surface area contributed by atoms with E-state index in [0.29, 0.717) is 17.9 Å². The van der Waals surface area contributed by atoms with Gasteiger partial charge in [0.05, 0.1) is 5.41 Å². The Hall–Kier alpha value is -1.35. The molecular formula is C21H28N2O. The van der Waals surface area contributed by atoms with Gasteiger partial charge in [0, 0.05) is 6.04 Å². The lowest BCUT2D eigenvalue weighted by molar-refractivity contribution is -0.134. The van der Waals surface area contributed by atoms with E-state index in [1.54, 1.807) is 0 Å². The number of nitrogens with one attached hydrogen (secondary N) is 2. The fraction of sp³-hybridized carbons (Fsp3) is 0.667. The number of benzene rings is 1. The first kappa shape index (κ1) is 14.9. The first-order chi connectivity index (χ1) is 11.7. The van der Waals surface area contributed by atoms with Crippen molar-refractivity contribution in [3.63, 3.8) is 0 Å². The van der Waals surface area contributed by atoms with Crippen molar-refractivity contribution < 1.29 is 4.79 Å². The number of amides is 1. The van der Waals surface area contributed by atoms with E-state index < -0.39 is 0 Å². The van der Waals surface area contributed by atoms with Crippen LogP contribution in [0, 0.1) is 17.3 Å². The van der Waals surface area contributed by atoms with Crippen molar-refractivity contribution in [2.75, 3.05) is 13.1 Å². The van der Waals surface area contributed by atoms with Gasteiger partial charge in [-0.2, -0.15) is 0 Å². The molecule has 5 aliphatic rings. The van der Waals surface area contributed by atoms with Gasteiger partial charge in [-0.3, -0.25) is 4.79 Å². The molecule has 0 radical (unpaired) electrons. The third-order valence-electron chi connectivity index (χ3n) is 7.54. The molecule has 1 saturated heterocycles. The molecule has 24 heavy (non-hydrogen) atoms. The van der Waals surface area contributed by atoms with Crippen LogP contribution in [0.15, 0.2) is 30.3 Å². The molecule has 4 aliphatic carbocycles. The van der Waals surface area contributed by atoms with Gasteiger partial charge in [0.1, 0.15) is 0 Å². The number of hydrogen-bond donors (Lipinski definition) is 2. The van der Waals surface area contributed by atoms with E-state index in [0.717, 1.165) is 44.7 Å². The predicted octanol–water partition coefficient (Wildman–Crippen LogP) is 3.00. The summed E-state index contributed by atoms with van der Waals surface area (Å²) >= 11 is 0. The molecule has 3 heteroatoms. The van der Waals surface area contributed by atoms with Crippen molar-refractivity contribution in [1.29, 1.82) is 0 Å². The average molecular weight is 324 g/mol. The maximum Gasteiger partial charge on any atom is 0.226 e. The topological polar surface area (TPSA) is 41.1 Å². The zero-order chi connectivity index (χ0) is 16.2. The molecular weight excluding hydrogens is 296 g/mol. The summed E-state index contributed by atoms with van der Waals surface area (Å²) in [7, 11) is 0. The minimum Gasteiger partial charge on any atom is -0.353 e. The van der Waals surface area contributed by atoms with Gasteiger partial charge in [-0.05, 0) is 80.8 Å². The minimum atomic E-state index is -0.0658. The molecule has 4 atom stereocenters. The summed E-state index contributed by atoms with van der Waals surface area (Å²) in [5.74, 6) is 1.76. The van der Waals surface area contributed by atoms with Gasteiger partial charge in [-0.25, -0.2) is 0 Å². The second-order valence-corrected chi connectivity index (χ2v) is 8.89. The van der Waals surface area contributed by atoms with Crippen molar-refractivity contribution in [1.82, 2.24) is 10.6 Å². The van der Waals surface area contributed by atoms with Crippen LogP contribution in [-0.4, -0.2) is 25.0 Å². The first-order valence-corrected chi connectivity index (χ1v) is 9.77. The van der Waals surface area contributed by atoms with Gasteiger partial charge >= 0.3 is 0 Å². The van der Waals surface area contributed by atoms with Gasteiger partial charge < -0.3 is 10.6 Å². The van der Waals surface area contributed by atoms with E-state index in [-0.39, 0.29) is 10.8 Å². The molecule has 1 heterocycles. The number of carbonyl (C=O) groups excluding carboxylic acids is 1. The molecule has 128 valence electrons. The quantitative estimate of drug-likeness (QED) is 0.897. The Morgan fingerprint density at radius 1 is 1.08 bits per heavy atom.